The maximum Gasteiger partial charge on any atom is 0.406 e. The number of rotatable bonds is 6. The number of carbonyl (C=O) groups excluding carboxylic acids is 1. The third-order valence-electron chi connectivity index (χ3n) is 4.76. The van der Waals surface area contributed by atoms with Crippen LogP contribution < -0.4 is 0 Å². The summed E-state index contributed by atoms with van der Waals surface area (Å²) >= 11 is 0. The summed E-state index contributed by atoms with van der Waals surface area (Å²) in [5.74, 6) is -0.186. The van der Waals surface area contributed by atoms with Crippen LogP contribution in [0, 0.1) is 25.2 Å². The molecule has 0 fully saturated rings. The fraction of sp³-hybridized carbons (Fsp3) is 0.350. The van der Waals surface area contributed by atoms with Crippen LogP contribution in [0.25, 0.3) is 5.78 Å². The predicted octanol–water partition coefficient (Wildman–Crippen LogP) is 3.14. The molecule has 1 amide bonds. The van der Waals surface area contributed by atoms with E-state index in [1.54, 1.807) is 26.0 Å². The van der Waals surface area contributed by atoms with E-state index in [1.165, 1.54) is 23.0 Å². The fourth-order valence-corrected chi connectivity index (χ4v) is 3.26. The molecule has 10 heteroatoms. The van der Waals surface area contributed by atoms with Gasteiger partial charge in [0.2, 0.25) is 5.91 Å². The molecule has 0 saturated heterocycles. The van der Waals surface area contributed by atoms with Gasteiger partial charge >= 0.3 is 6.18 Å². The van der Waals surface area contributed by atoms with Crippen LogP contribution in [0.5, 0.6) is 0 Å². The van der Waals surface area contributed by atoms with Gasteiger partial charge in [0.1, 0.15) is 12.9 Å². The SMILES string of the molecule is Cc1nc2ncnn2c(C)c1CCC(=O)N(Cc1ccc(C#N)cc1)CC(F)(F)F. The standard InChI is InChI=1S/C20H19F3N6O/c1-13-17(14(2)29-19(27-13)25-12-26-29)7-8-18(30)28(11-20(21,22)23)10-16-5-3-15(9-24)4-6-16/h3-6,12H,7-8,10-11H2,1-2H3. The fourth-order valence-electron chi connectivity index (χ4n) is 3.26. The Balaban J connectivity index is 1.77. The molecular formula is C20H19F3N6O. The summed E-state index contributed by atoms with van der Waals surface area (Å²) in [6.07, 6.45) is -3.02. The van der Waals surface area contributed by atoms with Crippen molar-refractivity contribution in [1.29, 1.82) is 5.26 Å². The minimum atomic E-state index is -4.52. The number of benzene rings is 1. The average Bonchev–Trinajstić information content (AvgIpc) is 3.15. The second-order valence-electron chi connectivity index (χ2n) is 6.91. The minimum Gasteiger partial charge on any atom is -0.329 e. The van der Waals surface area contributed by atoms with Crippen molar-refractivity contribution in [2.75, 3.05) is 6.54 Å². The molecule has 0 aliphatic carbocycles. The number of fused-ring (bicyclic) bond motifs is 1. The highest BCUT2D eigenvalue weighted by molar-refractivity contribution is 5.76. The van der Waals surface area contributed by atoms with E-state index < -0.39 is 18.6 Å². The summed E-state index contributed by atoms with van der Waals surface area (Å²) in [6, 6.07) is 8.07. The zero-order valence-corrected chi connectivity index (χ0v) is 16.4. The predicted molar refractivity (Wildman–Crippen MR) is 101 cm³/mol. The van der Waals surface area contributed by atoms with Crippen molar-refractivity contribution < 1.29 is 18.0 Å². The van der Waals surface area contributed by atoms with Crippen molar-refractivity contribution in [3.8, 4) is 6.07 Å². The van der Waals surface area contributed by atoms with Crippen LogP contribution in [0.15, 0.2) is 30.6 Å². The molecule has 3 rings (SSSR count). The van der Waals surface area contributed by atoms with E-state index in [1.807, 2.05) is 6.07 Å². The van der Waals surface area contributed by atoms with Gasteiger partial charge in [0, 0.05) is 24.4 Å². The molecule has 2 heterocycles. The van der Waals surface area contributed by atoms with Gasteiger partial charge in [-0.15, -0.1) is 0 Å². The Hall–Kier alpha value is -3.48. The first-order valence-corrected chi connectivity index (χ1v) is 9.17. The van der Waals surface area contributed by atoms with Gasteiger partial charge < -0.3 is 4.90 Å². The smallest absolute Gasteiger partial charge is 0.329 e. The first-order valence-electron chi connectivity index (χ1n) is 9.17. The molecule has 3 aromatic rings. The van der Waals surface area contributed by atoms with Crippen LogP contribution >= 0.6 is 0 Å². The summed E-state index contributed by atoms with van der Waals surface area (Å²) in [5, 5.41) is 12.9. The lowest BCUT2D eigenvalue weighted by Gasteiger charge is -2.24. The molecule has 0 aliphatic heterocycles. The van der Waals surface area contributed by atoms with Crippen molar-refractivity contribution >= 4 is 11.7 Å². The van der Waals surface area contributed by atoms with E-state index in [0.29, 0.717) is 22.6 Å². The molecule has 0 spiro atoms. The minimum absolute atomic E-state index is 0.101. The lowest BCUT2D eigenvalue weighted by atomic mass is 10.1. The second kappa shape index (κ2) is 8.49. The van der Waals surface area contributed by atoms with Crippen molar-refractivity contribution in [2.24, 2.45) is 0 Å². The maximum absolute atomic E-state index is 13.1. The topological polar surface area (TPSA) is 87.2 Å². The van der Waals surface area contributed by atoms with E-state index in [4.69, 9.17) is 5.26 Å². The van der Waals surface area contributed by atoms with Crippen molar-refractivity contribution in [1.82, 2.24) is 24.5 Å². The molecule has 0 radical (unpaired) electrons. The average molecular weight is 416 g/mol. The van der Waals surface area contributed by atoms with E-state index in [0.717, 1.165) is 16.2 Å². The Morgan fingerprint density at radius 3 is 2.57 bits per heavy atom. The summed E-state index contributed by atoms with van der Waals surface area (Å²) in [4.78, 5) is 21.8. The van der Waals surface area contributed by atoms with Crippen LogP contribution in [-0.2, 0) is 17.8 Å². The molecule has 156 valence electrons. The maximum atomic E-state index is 13.1. The highest BCUT2D eigenvalue weighted by Crippen LogP contribution is 2.21. The molecule has 0 bridgehead atoms. The van der Waals surface area contributed by atoms with Gasteiger partial charge in [-0.2, -0.15) is 28.5 Å². The van der Waals surface area contributed by atoms with Gasteiger partial charge in [-0.1, -0.05) is 12.1 Å². The summed E-state index contributed by atoms with van der Waals surface area (Å²) < 4.78 is 40.7. The van der Waals surface area contributed by atoms with Crippen LogP contribution in [0.2, 0.25) is 0 Å². The zero-order chi connectivity index (χ0) is 21.9. The number of hydrogen-bond acceptors (Lipinski definition) is 5. The largest absolute Gasteiger partial charge is 0.406 e. The monoisotopic (exact) mass is 416 g/mol. The van der Waals surface area contributed by atoms with E-state index in [9.17, 15) is 18.0 Å². The van der Waals surface area contributed by atoms with Gasteiger partial charge in [0.05, 0.1) is 11.6 Å². The molecule has 1 aromatic carbocycles. The quantitative estimate of drug-likeness (QED) is 0.616. The first kappa shape index (κ1) is 21.2. The Labute approximate surface area is 170 Å². The van der Waals surface area contributed by atoms with Crippen molar-refractivity contribution in [3.05, 3.63) is 58.7 Å². The molecule has 0 saturated carbocycles. The van der Waals surface area contributed by atoms with Gasteiger partial charge in [-0.25, -0.2) is 9.50 Å². The number of amides is 1. The normalized spacial score (nSPS) is 11.5. The number of carbonyl (C=O) groups is 1. The molecule has 0 unspecified atom stereocenters. The van der Waals surface area contributed by atoms with Crippen LogP contribution in [0.1, 0.15) is 34.5 Å². The number of halogens is 3. The van der Waals surface area contributed by atoms with Crippen molar-refractivity contribution in [2.45, 2.75) is 39.4 Å². The van der Waals surface area contributed by atoms with Crippen LogP contribution in [-0.4, -0.2) is 43.1 Å². The molecule has 0 N–H and O–H groups in total. The van der Waals surface area contributed by atoms with E-state index >= 15 is 0 Å². The van der Waals surface area contributed by atoms with Crippen LogP contribution in [0.4, 0.5) is 13.2 Å². The highest BCUT2D eigenvalue weighted by atomic mass is 19.4. The molecule has 2 aromatic heterocycles. The lowest BCUT2D eigenvalue weighted by molar-refractivity contribution is -0.162. The second-order valence-corrected chi connectivity index (χ2v) is 6.91. The molecule has 30 heavy (non-hydrogen) atoms. The number of nitriles is 1. The summed E-state index contributed by atoms with van der Waals surface area (Å²) in [7, 11) is 0. The summed E-state index contributed by atoms with van der Waals surface area (Å²) in [6.45, 7) is 2.04. The number of hydrogen-bond donors (Lipinski definition) is 0. The van der Waals surface area contributed by atoms with Crippen molar-refractivity contribution in [3.63, 3.8) is 0 Å². The Bertz CT molecular complexity index is 1100. The molecular weight excluding hydrogens is 397 g/mol. The zero-order valence-electron chi connectivity index (χ0n) is 16.4. The molecule has 0 aliphatic rings. The van der Waals surface area contributed by atoms with Gasteiger partial charge in [-0.05, 0) is 43.5 Å². The third-order valence-corrected chi connectivity index (χ3v) is 4.76. The number of aromatic nitrogens is 4. The molecule has 0 atom stereocenters. The third kappa shape index (κ3) is 4.92. The number of nitrogens with zero attached hydrogens (tertiary/aromatic N) is 6. The lowest BCUT2D eigenvalue weighted by Crippen LogP contribution is -2.38. The van der Waals surface area contributed by atoms with E-state index in [-0.39, 0.29) is 19.4 Å². The molecule has 7 nitrogen and oxygen atoms in total. The van der Waals surface area contributed by atoms with Crippen LogP contribution in [0.3, 0.4) is 0 Å². The first-order chi connectivity index (χ1) is 14.2. The Morgan fingerprint density at radius 1 is 1.23 bits per heavy atom. The van der Waals surface area contributed by atoms with E-state index in [2.05, 4.69) is 15.1 Å². The summed E-state index contributed by atoms with van der Waals surface area (Å²) in [5.41, 5.74) is 3.08. The Morgan fingerprint density at radius 2 is 1.93 bits per heavy atom. The highest BCUT2D eigenvalue weighted by Gasteiger charge is 2.33. The van der Waals surface area contributed by atoms with Gasteiger partial charge in [-0.3, -0.25) is 4.79 Å². The van der Waals surface area contributed by atoms with Gasteiger partial charge in [0.25, 0.3) is 5.78 Å². The Kier molecular flexibility index (Phi) is 6.01. The number of aryl methyl sites for hydroxylation is 2. The van der Waals surface area contributed by atoms with Gasteiger partial charge in [0.15, 0.2) is 0 Å². The number of alkyl halides is 3.